The van der Waals surface area contributed by atoms with Gasteiger partial charge in [0.15, 0.2) is 0 Å². The average Bonchev–Trinajstić information content (AvgIpc) is 1.59. The van der Waals surface area contributed by atoms with Crippen molar-refractivity contribution in [2.24, 2.45) is 5.41 Å². The Kier molecular flexibility index (Phi) is 2.92. The topological polar surface area (TPSA) is 17.1 Å². The second-order valence-electron chi connectivity index (χ2n) is 3.00. The Morgan fingerprint density at radius 2 is 1.89 bits per heavy atom. The first kappa shape index (κ1) is 8.70. The first-order chi connectivity index (χ1) is 3.92. The van der Waals surface area contributed by atoms with Crippen molar-refractivity contribution in [3.63, 3.8) is 0 Å². The number of carbonyl (C=O) groups is 1. The largest absolute Gasteiger partial charge is 0.276 e. The van der Waals surface area contributed by atoms with Gasteiger partial charge in [0.2, 0.25) is 5.24 Å². The van der Waals surface area contributed by atoms with Gasteiger partial charge in [0.05, 0.1) is 0 Å². The molecule has 0 aromatic heterocycles. The van der Waals surface area contributed by atoms with Crippen molar-refractivity contribution in [3.8, 4) is 0 Å². The van der Waals surface area contributed by atoms with Crippen LogP contribution in [0.2, 0.25) is 0 Å². The van der Waals surface area contributed by atoms with Crippen molar-refractivity contribution >= 4 is 16.8 Å². The van der Waals surface area contributed by atoms with Crippen LogP contribution in [0.25, 0.3) is 0 Å². The molecule has 0 rings (SSSR count). The molecule has 0 amide bonds. The molecule has 0 N–H and O–H groups in total. The third kappa shape index (κ3) is 7.70. The van der Waals surface area contributed by atoms with Crippen LogP contribution < -0.4 is 0 Å². The summed E-state index contributed by atoms with van der Waals surface area (Å²) in [5, 5.41) is -0.412. The summed E-state index contributed by atoms with van der Waals surface area (Å²) in [6, 6.07) is 0. The van der Waals surface area contributed by atoms with Crippen LogP contribution in [0.5, 0.6) is 0 Å². The molecule has 0 saturated heterocycles. The standard InChI is InChI=1S/C7H11ClO/c1-7(2,3)5-4-6(8)9/h4-5H,1-3H3/b5-4+. The lowest BCUT2D eigenvalue weighted by molar-refractivity contribution is -0.107. The first-order valence-corrected chi connectivity index (χ1v) is 3.18. The van der Waals surface area contributed by atoms with E-state index < -0.39 is 5.24 Å². The van der Waals surface area contributed by atoms with Gasteiger partial charge in [-0.05, 0) is 23.1 Å². The summed E-state index contributed by atoms with van der Waals surface area (Å²) in [6.45, 7) is 6.01. The molecule has 0 heterocycles. The maximum Gasteiger partial charge on any atom is 0.244 e. The minimum absolute atomic E-state index is 0.0462. The average molecular weight is 147 g/mol. The molecule has 52 valence electrons. The highest BCUT2D eigenvalue weighted by molar-refractivity contribution is 6.66. The van der Waals surface area contributed by atoms with Crippen molar-refractivity contribution < 1.29 is 4.79 Å². The van der Waals surface area contributed by atoms with Gasteiger partial charge in [0.25, 0.3) is 0 Å². The zero-order chi connectivity index (χ0) is 7.49. The molecular formula is C7H11ClO. The van der Waals surface area contributed by atoms with E-state index in [1.807, 2.05) is 20.8 Å². The number of halogens is 1. The molecule has 0 aromatic rings. The van der Waals surface area contributed by atoms with E-state index in [0.29, 0.717) is 0 Å². The SMILES string of the molecule is CC(C)(C)/C=C/C(=O)Cl. The second-order valence-corrected chi connectivity index (χ2v) is 3.38. The van der Waals surface area contributed by atoms with Gasteiger partial charge in [-0.25, -0.2) is 0 Å². The van der Waals surface area contributed by atoms with Gasteiger partial charge >= 0.3 is 0 Å². The Morgan fingerprint density at radius 3 is 2.00 bits per heavy atom. The normalized spacial score (nSPS) is 12.4. The number of hydrogen-bond acceptors (Lipinski definition) is 1. The molecule has 0 fully saturated rings. The second kappa shape index (κ2) is 3.02. The van der Waals surface area contributed by atoms with Crippen LogP contribution in [-0.4, -0.2) is 5.24 Å². The lowest BCUT2D eigenvalue weighted by atomic mass is 9.97. The van der Waals surface area contributed by atoms with Gasteiger partial charge in [-0.2, -0.15) is 0 Å². The van der Waals surface area contributed by atoms with Gasteiger partial charge in [-0.15, -0.1) is 0 Å². The molecule has 0 bridgehead atoms. The minimum atomic E-state index is -0.412. The molecule has 0 saturated carbocycles. The molecule has 0 radical (unpaired) electrons. The molecular weight excluding hydrogens is 136 g/mol. The van der Waals surface area contributed by atoms with Crippen molar-refractivity contribution in [1.82, 2.24) is 0 Å². The van der Waals surface area contributed by atoms with Gasteiger partial charge in [0, 0.05) is 0 Å². The van der Waals surface area contributed by atoms with Gasteiger partial charge < -0.3 is 0 Å². The molecule has 0 spiro atoms. The van der Waals surface area contributed by atoms with Crippen molar-refractivity contribution in [2.75, 3.05) is 0 Å². The van der Waals surface area contributed by atoms with Crippen LogP contribution in [0.15, 0.2) is 12.2 Å². The smallest absolute Gasteiger partial charge is 0.244 e. The van der Waals surface area contributed by atoms with E-state index in [4.69, 9.17) is 11.6 Å². The Bertz CT molecular complexity index is 130. The van der Waals surface area contributed by atoms with E-state index in [-0.39, 0.29) is 5.41 Å². The molecule has 0 aliphatic carbocycles. The lowest BCUT2D eigenvalue weighted by Crippen LogP contribution is -1.99. The molecule has 0 aliphatic heterocycles. The van der Waals surface area contributed by atoms with Gasteiger partial charge in [-0.3, -0.25) is 4.79 Å². The molecule has 0 atom stereocenters. The quantitative estimate of drug-likeness (QED) is 0.410. The van der Waals surface area contributed by atoms with Gasteiger partial charge in [0.1, 0.15) is 0 Å². The fourth-order valence-electron chi connectivity index (χ4n) is 0.316. The third-order valence-electron chi connectivity index (χ3n) is 0.714. The highest BCUT2D eigenvalue weighted by Crippen LogP contribution is 2.14. The fraction of sp³-hybridized carbons (Fsp3) is 0.571. The maximum atomic E-state index is 10.2. The van der Waals surface area contributed by atoms with Crippen LogP contribution in [0.3, 0.4) is 0 Å². The molecule has 1 nitrogen and oxygen atoms in total. The van der Waals surface area contributed by atoms with E-state index in [0.717, 1.165) is 0 Å². The fourth-order valence-corrected chi connectivity index (χ4v) is 0.379. The summed E-state index contributed by atoms with van der Waals surface area (Å²) < 4.78 is 0. The molecule has 0 unspecified atom stereocenters. The van der Waals surface area contributed by atoms with E-state index in [2.05, 4.69) is 0 Å². The first-order valence-electron chi connectivity index (χ1n) is 2.80. The van der Waals surface area contributed by atoms with E-state index in [1.165, 1.54) is 6.08 Å². The Morgan fingerprint density at radius 1 is 1.44 bits per heavy atom. The number of hydrogen-bond donors (Lipinski definition) is 0. The van der Waals surface area contributed by atoms with E-state index >= 15 is 0 Å². The summed E-state index contributed by atoms with van der Waals surface area (Å²) in [5.74, 6) is 0. The predicted octanol–water partition coefficient (Wildman–Crippen LogP) is 2.35. The molecule has 9 heavy (non-hydrogen) atoms. The summed E-state index contributed by atoms with van der Waals surface area (Å²) in [5.41, 5.74) is 0.0462. The number of allylic oxidation sites excluding steroid dienone is 2. The Hall–Kier alpha value is -0.300. The molecule has 2 heteroatoms. The van der Waals surface area contributed by atoms with Gasteiger partial charge in [-0.1, -0.05) is 26.8 Å². The van der Waals surface area contributed by atoms with Crippen molar-refractivity contribution in [3.05, 3.63) is 12.2 Å². The van der Waals surface area contributed by atoms with Crippen molar-refractivity contribution in [2.45, 2.75) is 20.8 Å². The number of rotatable bonds is 1. The monoisotopic (exact) mass is 146 g/mol. The van der Waals surface area contributed by atoms with Crippen molar-refractivity contribution in [1.29, 1.82) is 0 Å². The summed E-state index contributed by atoms with van der Waals surface area (Å²) in [4.78, 5) is 10.2. The summed E-state index contributed by atoms with van der Waals surface area (Å²) in [7, 11) is 0. The highest BCUT2D eigenvalue weighted by Gasteiger charge is 2.03. The molecule has 0 aromatic carbocycles. The zero-order valence-corrected chi connectivity index (χ0v) is 6.70. The van der Waals surface area contributed by atoms with Crippen LogP contribution in [0.1, 0.15) is 20.8 Å². The van der Waals surface area contributed by atoms with Crippen LogP contribution in [-0.2, 0) is 4.79 Å². The number of carbonyl (C=O) groups excluding carboxylic acids is 1. The highest BCUT2D eigenvalue weighted by atomic mass is 35.5. The minimum Gasteiger partial charge on any atom is -0.276 e. The van der Waals surface area contributed by atoms with Crippen LogP contribution in [0, 0.1) is 5.41 Å². The zero-order valence-electron chi connectivity index (χ0n) is 5.94. The molecule has 0 aliphatic rings. The Balaban J connectivity index is 3.86. The Labute approximate surface area is 60.7 Å². The summed E-state index contributed by atoms with van der Waals surface area (Å²) in [6.07, 6.45) is 3.16. The lowest BCUT2D eigenvalue weighted by Gasteiger charge is -2.09. The van der Waals surface area contributed by atoms with Crippen LogP contribution in [0.4, 0.5) is 0 Å². The third-order valence-corrected chi connectivity index (χ3v) is 0.840. The predicted molar refractivity (Wildman–Crippen MR) is 39.5 cm³/mol. The maximum absolute atomic E-state index is 10.2. The van der Waals surface area contributed by atoms with E-state index in [1.54, 1.807) is 6.08 Å². The summed E-state index contributed by atoms with van der Waals surface area (Å²) >= 11 is 5.06. The van der Waals surface area contributed by atoms with E-state index in [9.17, 15) is 4.79 Å². The van der Waals surface area contributed by atoms with Crippen LogP contribution >= 0.6 is 11.6 Å².